The van der Waals surface area contributed by atoms with Gasteiger partial charge in [-0.05, 0) is 36.6 Å². The molecule has 0 saturated heterocycles. The molecule has 2 N–H and O–H groups in total. The average Bonchev–Trinajstić information content (AvgIpc) is 2.95. The van der Waals surface area contributed by atoms with Crippen LogP contribution in [0.4, 0.5) is 11.4 Å². The van der Waals surface area contributed by atoms with Crippen molar-refractivity contribution in [1.82, 2.24) is 9.97 Å². The van der Waals surface area contributed by atoms with E-state index in [-0.39, 0.29) is 5.78 Å². The van der Waals surface area contributed by atoms with Gasteiger partial charge in [-0.25, -0.2) is 0 Å². The Morgan fingerprint density at radius 1 is 1.08 bits per heavy atom. The molecule has 0 spiro atoms. The normalized spacial score (nSPS) is 16.7. The van der Waals surface area contributed by atoms with E-state index in [4.69, 9.17) is 0 Å². The maximum Gasteiger partial charge on any atom is 0.167 e. The van der Waals surface area contributed by atoms with Crippen molar-refractivity contribution in [1.29, 1.82) is 0 Å². The number of aromatic amines is 1. The number of carbonyl (C=O) groups is 1. The molecule has 3 aromatic rings. The lowest BCUT2D eigenvalue weighted by atomic mass is 9.87. The van der Waals surface area contributed by atoms with Crippen LogP contribution in [0.25, 0.3) is 11.3 Å². The van der Waals surface area contributed by atoms with E-state index in [1.807, 2.05) is 42.5 Å². The Hall–Kier alpha value is -2.88. The lowest BCUT2D eigenvalue weighted by Crippen LogP contribution is -2.17. The predicted molar refractivity (Wildman–Crippen MR) is 95.6 cm³/mol. The molecule has 120 valence electrons. The average molecular weight is 317 g/mol. The minimum Gasteiger partial charge on any atom is -0.356 e. The standard InChI is InChI=1S/C20H19N3O/c1-13-11-16-18(17(24)12-13)20(22-15-5-3-2-4-6-15)19(23-16)14-7-9-21-10-8-14/h2-10,13,22-23H,11-12H2,1H3. The largest absolute Gasteiger partial charge is 0.356 e. The molecule has 0 radical (unpaired) electrons. The first-order valence-electron chi connectivity index (χ1n) is 8.23. The Morgan fingerprint density at radius 2 is 1.83 bits per heavy atom. The summed E-state index contributed by atoms with van der Waals surface area (Å²) in [4.78, 5) is 20.3. The van der Waals surface area contributed by atoms with Crippen molar-refractivity contribution >= 4 is 17.2 Å². The van der Waals surface area contributed by atoms with E-state index in [0.29, 0.717) is 12.3 Å². The predicted octanol–water partition coefficient (Wildman–Crippen LogP) is 4.59. The van der Waals surface area contributed by atoms with Crippen LogP contribution in [-0.2, 0) is 6.42 Å². The number of anilines is 2. The second-order valence-electron chi connectivity index (χ2n) is 6.39. The van der Waals surface area contributed by atoms with Crippen molar-refractivity contribution in [2.75, 3.05) is 5.32 Å². The Bertz CT molecular complexity index is 869. The summed E-state index contributed by atoms with van der Waals surface area (Å²) in [6.07, 6.45) is 5.04. The zero-order valence-electron chi connectivity index (χ0n) is 13.5. The molecule has 4 nitrogen and oxygen atoms in total. The summed E-state index contributed by atoms with van der Waals surface area (Å²) in [6, 6.07) is 13.9. The summed E-state index contributed by atoms with van der Waals surface area (Å²) >= 11 is 0. The highest BCUT2D eigenvalue weighted by Crippen LogP contribution is 2.39. The van der Waals surface area contributed by atoms with Crippen LogP contribution < -0.4 is 5.32 Å². The van der Waals surface area contributed by atoms with Gasteiger partial charge in [-0.15, -0.1) is 0 Å². The molecule has 0 amide bonds. The van der Waals surface area contributed by atoms with Crippen LogP contribution in [-0.4, -0.2) is 15.8 Å². The van der Waals surface area contributed by atoms with E-state index in [2.05, 4.69) is 22.2 Å². The molecule has 1 aliphatic carbocycles. The molecule has 1 aliphatic rings. The summed E-state index contributed by atoms with van der Waals surface area (Å²) in [5.74, 6) is 0.581. The van der Waals surface area contributed by atoms with Crippen LogP contribution in [0, 0.1) is 5.92 Å². The second kappa shape index (κ2) is 5.96. The van der Waals surface area contributed by atoms with Crippen molar-refractivity contribution in [2.45, 2.75) is 19.8 Å². The number of ketones is 1. The summed E-state index contributed by atoms with van der Waals surface area (Å²) in [7, 11) is 0. The molecule has 0 saturated carbocycles. The SMILES string of the molecule is CC1CC(=O)c2c([nH]c(-c3ccncc3)c2Nc2ccccc2)C1. The number of nitrogens with one attached hydrogen (secondary N) is 2. The lowest BCUT2D eigenvalue weighted by molar-refractivity contribution is 0.0954. The van der Waals surface area contributed by atoms with Crippen molar-refractivity contribution in [2.24, 2.45) is 5.92 Å². The van der Waals surface area contributed by atoms with Gasteiger partial charge in [0.05, 0.1) is 16.9 Å². The molecule has 1 atom stereocenters. The quantitative estimate of drug-likeness (QED) is 0.743. The van der Waals surface area contributed by atoms with E-state index in [0.717, 1.165) is 40.3 Å². The van der Waals surface area contributed by atoms with Crippen LogP contribution in [0.3, 0.4) is 0 Å². The monoisotopic (exact) mass is 317 g/mol. The Balaban J connectivity index is 1.87. The smallest absolute Gasteiger partial charge is 0.167 e. The number of benzene rings is 1. The topological polar surface area (TPSA) is 57.8 Å². The number of Topliss-reactive ketones (excluding diaryl/α,β-unsaturated/α-hetero) is 1. The summed E-state index contributed by atoms with van der Waals surface area (Å²) in [5.41, 5.74) is 5.67. The van der Waals surface area contributed by atoms with Gasteiger partial charge in [-0.2, -0.15) is 0 Å². The number of nitrogens with zero attached hydrogens (tertiary/aromatic N) is 1. The molecule has 4 rings (SSSR count). The highest BCUT2D eigenvalue weighted by molar-refractivity contribution is 6.07. The van der Waals surface area contributed by atoms with Gasteiger partial charge in [0.2, 0.25) is 0 Å². The third kappa shape index (κ3) is 2.60. The van der Waals surface area contributed by atoms with Gasteiger partial charge in [-0.3, -0.25) is 9.78 Å². The molecular formula is C20H19N3O. The molecule has 2 aromatic heterocycles. The fraction of sp³-hybridized carbons (Fsp3) is 0.200. The number of hydrogen-bond acceptors (Lipinski definition) is 3. The van der Waals surface area contributed by atoms with E-state index in [9.17, 15) is 4.79 Å². The number of H-pyrrole nitrogens is 1. The van der Waals surface area contributed by atoms with Gasteiger partial charge < -0.3 is 10.3 Å². The highest BCUT2D eigenvalue weighted by atomic mass is 16.1. The first kappa shape index (κ1) is 14.7. The minimum absolute atomic E-state index is 0.207. The number of para-hydroxylation sites is 1. The molecule has 1 aromatic carbocycles. The number of pyridine rings is 1. The fourth-order valence-corrected chi connectivity index (χ4v) is 3.38. The van der Waals surface area contributed by atoms with Gasteiger partial charge in [0.15, 0.2) is 5.78 Å². The number of aromatic nitrogens is 2. The second-order valence-corrected chi connectivity index (χ2v) is 6.39. The zero-order chi connectivity index (χ0) is 16.5. The maximum atomic E-state index is 12.7. The van der Waals surface area contributed by atoms with Gasteiger partial charge >= 0.3 is 0 Å². The third-order valence-electron chi connectivity index (χ3n) is 4.46. The number of hydrogen-bond donors (Lipinski definition) is 2. The fourth-order valence-electron chi connectivity index (χ4n) is 3.38. The van der Waals surface area contributed by atoms with Crippen molar-refractivity contribution < 1.29 is 4.79 Å². The van der Waals surface area contributed by atoms with E-state index < -0.39 is 0 Å². The molecule has 0 aliphatic heterocycles. The Labute approximate surface area is 141 Å². The van der Waals surface area contributed by atoms with Gasteiger partial charge in [-0.1, -0.05) is 25.1 Å². The van der Waals surface area contributed by atoms with Crippen molar-refractivity contribution in [3.05, 3.63) is 66.1 Å². The minimum atomic E-state index is 0.207. The molecule has 2 heterocycles. The Kier molecular flexibility index (Phi) is 3.65. The van der Waals surface area contributed by atoms with E-state index in [1.54, 1.807) is 12.4 Å². The van der Waals surface area contributed by atoms with Gasteiger partial charge in [0, 0.05) is 35.8 Å². The van der Waals surface area contributed by atoms with Gasteiger partial charge in [0.1, 0.15) is 0 Å². The van der Waals surface area contributed by atoms with Crippen LogP contribution in [0.15, 0.2) is 54.9 Å². The van der Waals surface area contributed by atoms with Gasteiger partial charge in [0.25, 0.3) is 0 Å². The van der Waals surface area contributed by atoms with E-state index in [1.165, 1.54) is 0 Å². The number of rotatable bonds is 3. The highest BCUT2D eigenvalue weighted by Gasteiger charge is 2.29. The summed E-state index contributed by atoms with van der Waals surface area (Å²) in [6.45, 7) is 2.12. The zero-order valence-corrected chi connectivity index (χ0v) is 13.5. The summed E-state index contributed by atoms with van der Waals surface area (Å²) < 4.78 is 0. The summed E-state index contributed by atoms with van der Waals surface area (Å²) in [5, 5.41) is 3.45. The van der Waals surface area contributed by atoms with Crippen LogP contribution in [0.5, 0.6) is 0 Å². The van der Waals surface area contributed by atoms with Crippen molar-refractivity contribution in [3.8, 4) is 11.3 Å². The van der Waals surface area contributed by atoms with E-state index >= 15 is 0 Å². The molecule has 24 heavy (non-hydrogen) atoms. The first-order valence-corrected chi connectivity index (χ1v) is 8.23. The van der Waals surface area contributed by atoms with Crippen molar-refractivity contribution in [3.63, 3.8) is 0 Å². The van der Waals surface area contributed by atoms with Crippen LogP contribution in [0.2, 0.25) is 0 Å². The number of carbonyl (C=O) groups excluding carboxylic acids is 1. The first-order chi connectivity index (χ1) is 11.7. The molecule has 4 heteroatoms. The van der Waals surface area contributed by atoms with Crippen LogP contribution in [0.1, 0.15) is 29.4 Å². The molecule has 0 fully saturated rings. The lowest BCUT2D eigenvalue weighted by Gasteiger charge is -2.18. The third-order valence-corrected chi connectivity index (χ3v) is 4.46. The van der Waals surface area contributed by atoms with Crippen LogP contribution >= 0.6 is 0 Å². The Morgan fingerprint density at radius 3 is 2.58 bits per heavy atom. The molecule has 1 unspecified atom stereocenters. The maximum absolute atomic E-state index is 12.7. The number of fused-ring (bicyclic) bond motifs is 1. The molecular weight excluding hydrogens is 298 g/mol. The molecule has 0 bridgehead atoms.